The summed E-state index contributed by atoms with van der Waals surface area (Å²) in [7, 11) is 0. The van der Waals surface area contributed by atoms with Crippen molar-refractivity contribution in [1.29, 1.82) is 0 Å². The number of unbranched alkanes of at least 4 members (excludes halogenated alkanes) is 2. The van der Waals surface area contributed by atoms with E-state index < -0.39 is 0 Å². The Morgan fingerprint density at radius 3 is 2.75 bits per heavy atom. The molecule has 0 heterocycles. The Morgan fingerprint density at radius 2 is 2.06 bits per heavy atom. The van der Waals surface area contributed by atoms with E-state index in [0.29, 0.717) is 6.61 Å². The predicted molar refractivity (Wildman–Crippen MR) is 65.5 cm³/mol. The first kappa shape index (κ1) is 13.0. The van der Waals surface area contributed by atoms with E-state index in [9.17, 15) is 0 Å². The molecule has 0 amide bonds. The molecular formula is C13H21NO2. The van der Waals surface area contributed by atoms with Crippen LogP contribution in [0.4, 0.5) is 0 Å². The van der Waals surface area contributed by atoms with Crippen molar-refractivity contribution in [2.24, 2.45) is 5.73 Å². The van der Waals surface area contributed by atoms with Crippen LogP contribution >= 0.6 is 0 Å². The molecule has 1 aromatic rings. The van der Waals surface area contributed by atoms with Gasteiger partial charge in [-0.05, 0) is 12.5 Å². The second-order valence-electron chi connectivity index (χ2n) is 3.88. The zero-order chi connectivity index (χ0) is 11.8. The van der Waals surface area contributed by atoms with Gasteiger partial charge in [0.1, 0.15) is 5.75 Å². The molecule has 3 nitrogen and oxygen atoms in total. The quantitative estimate of drug-likeness (QED) is 0.697. The Labute approximate surface area is 97.2 Å². The zero-order valence-corrected chi connectivity index (χ0v) is 9.86. The number of para-hydroxylation sites is 1. The normalized spacial score (nSPS) is 12.4. The van der Waals surface area contributed by atoms with Gasteiger partial charge in [-0.25, -0.2) is 0 Å². The molecule has 1 aromatic carbocycles. The van der Waals surface area contributed by atoms with Crippen LogP contribution in [-0.2, 0) is 0 Å². The third-order valence-corrected chi connectivity index (χ3v) is 2.52. The van der Waals surface area contributed by atoms with Gasteiger partial charge in [-0.2, -0.15) is 0 Å². The molecule has 90 valence electrons. The van der Waals surface area contributed by atoms with E-state index in [1.165, 1.54) is 12.8 Å². The lowest BCUT2D eigenvalue weighted by molar-refractivity contribution is 0.258. The van der Waals surface area contributed by atoms with Crippen molar-refractivity contribution in [3.63, 3.8) is 0 Å². The van der Waals surface area contributed by atoms with Gasteiger partial charge in [-0.3, -0.25) is 0 Å². The molecule has 3 heteroatoms. The second-order valence-corrected chi connectivity index (χ2v) is 3.88. The lowest BCUT2D eigenvalue weighted by Crippen LogP contribution is -2.16. The molecule has 1 unspecified atom stereocenters. The summed E-state index contributed by atoms with van der Waals surface area (Å²) in [6, 6.07) is 7.27. The van der Waals surface area contributed by atoms with E-state index in [-0.39, 0.29) is 12.6 Å². The maximum absolute atomic E-state index is 9.04. The predicted octanol–water partition coefficient (Wildman–Crippen LogP) is 2.25. The van der Waals surface area contributed by atoms with E-state index in [4.69, 9.17) is 15.6 Å². The highest BCUT2D eigenvalue weighted by Crippen LogP contribution is 2.23. The first-order chi connectivity index (χ1) is 7.79. The summed E-state index contributed by atoms with van der Waals surface area (Å²) in [5.41, 5.74) is 6.67. The second kappa shape index (κ2) is 7.25. The molecule has 0 aliphatic heterocycles. The number of hydrogen-bond acceptors (Lipinski definition) is 3. The number of ether oxygens (including phenoxy) is 1. The Balaban J connectivity index is 2.57. The molecule has 16 heavy (non-hydrogen) atoms. The van der Waals surface area contributed by atoms with E-state index in [0.717, 1.165) is 17.7 Å². The number of benzene rings is 1. The molecule has 1 rings (SSSR count). The molecule has 0 aromatic heterocycles. The number of aliphatic hydroxyl groups is 1. The first-order valence-electron chi connectivity index (χ1n) is 5.87. The van der Waals surface area contributed by atoms with Crippen LogP contribution in [0.2, 0.25) is 0 Å². The maximum Gasteiger partial charge on any atom is 0.124 e. The van der Waals surface area contributed by atoms with Gasteiger partial charge in [0.2, 0.25) is 0 Å². The van der Waals surface area contributed by atoms with E-state index >= 15 is 0 Å². The summed E-state index contributed by atoms with van der Waals surface area (Å²) >= 11 is 0. The average molecular weight is 223 g/mol. The fourth-order valence-corrected chi connectivity index (χ4v) is 1.55. The van der Waals surface area contributed by atoms with Crippen LogP contribution in [-0.4, -0.2) is 18.3 Å². The summed E-state index contributed by atoms with van der Waals surface area (Å²) < 4.78 is 5.67. The third kappa shape index (κ3) is 3.83. The average Bonchev–Trinajstić information content (AvgIpc) is 2.34. The fraction of sp³-hybridized carbons (Fsp3) is 0.538. The fourth-order valence-electron chi connectivity index (χ4n) is 1.55. The first-order valence-corrected chi connectivity index (χ1v) is 5.87. The van der Waals surface area contributed by atoms with Crippen LogP contribution in [0.3, 0.4) is 0 Å². The van der Waals surface area contributed by atoms with Gasteiger partial charge < -0.3 is 15.6 Å². The largest absolute Gasteiger partial charge is 0.493 e. The molecule has 0 bridgehead atoms. The number of aliphatic hydroxyl groups excluding tert-OH is 1. The van der Waals surface area contributed by atoms with Gasteiger partial charge in [0.05, 0.1) is 19.3 Å². The molecule has 0 aliphatic carbocycles. The van der Waals surface area contributed by atoms with Gasteiger partial charge in [-0.15, -0.1) is 0 Å². The van der Waals surface area contributed by atoms with Gasteiger partial charge in [0.25, 0.3) is 0 Å². The van der Waals surface area contributed by atoms with Crippen molar-refractivity contribution in [3.05, 3.63) is 29.8 Å². The zero-order valence-electron chi connectivity index (χ0n) is 9.86. The highest BCUT2D eigenvalue weighted by Gasteiger charge is 2.10. The molecule has 3 N–H and O–H groups in total. The van der Waals surface area contributed by atoms with Crippen molar-refractivity contribution < 1.29 is 9.84 Å². The minimum atomic E-state index is -0.359. The summed E-state index contributed by atoms with van der Waals surface area (Å²) in [6.07, 6.45) is 3.41. The van der Waals surface area contributed by atoms with Crippen molar-refractivity contribution in [1.82, 2.24) is 0 Å². The molecule has 0 spiro atoms. The van der Waals surface area contributed by atoms with Gasteiger partial charge in [0.15, 0.2) is 0 Å². The summed E-state index contributed by atoms with van der Waals surface area (Å²) in [6.45, 7) is 2.81. The van der Waals surface area contributed by atoms with Crippen molar-refractivity contribution in [2.45, 2.75) is 32.2 Å². The van der Waals surface area contributed by atoms with Crippen LogP contribution in [0.15, 0.2) is 24.3 Å². The van der Waals surface area contributed by atoms with E-state index in [1.807, 2.05) is 24.3 Å². The Hall–Kier alpha value is -1.06. The van der Waals surface area contributed by atoms with Crippen molar-refractivity contribution in [2.75, 3.05) is 13.2 Å². The lowest BCUT2D eigenvalue weighted by Gasteiger charge is -2.14. The van der Waals surface area contributed by atoms with E-state index in [2.05, 4.69) is 6.92 Å². The number of hydrogen-bond donors (Lipinski definition) is 2. The SMILES string of the molecule is CCCCCOc1ccccc1C(N)CO. The molecule has 0 aliphatic rings. The number of rotatable bonds is 7. The highest BCUT2D eigenvalue weighted by atomic mass is 16.5. The topological polar surface area (TPSA) is 55.5 Å². The smallest absolute Gasteiger partial charge is 0.124 e. The Kier molecular flexibility index (Phi) is 5.90. The van der Waals surface area contributed by atoms with Crippen LogP contribution in [0.25, 0.3) is 0 Å². The van der Waals surface area contributed by atoms with Gasteiger partial charge in [0, 0.05) is 5.56 Å². The summed E-state index contributed by atoms with van der Waals surface area (Å²) in [5.74, 6) is 0.792. The minimum Gasteiger partial charge on any atom is -0.493 e. The van der Waals surface area contributed by atoms with Crippen molar-refractivity contribution in [3.8, 4) is 5.75 Å². The summed E-state index contributed by atoms with van der Waals surface area (Å²) in [5, 5.41) is 9.04. The summed E-state index contributed by atoms with van der Waals surface area (Å²) in [4.78, 5) is 0. The molecule has 1 atom stereocenters. The van der Waals surface area contributed by atoms with Crippen molar-refractivity contribution >= 4 is 0 Å². The third-order valence-electron chi connectivity index (χ3n) is 2.52. The Bertz CT molecular complexity index is 302. The number of nitrogens with two attached hydrogens (primary N) is 1. The highest BCUT2D eigenvalue weighted by molar-refractivity contribution is 5.35. The van der Waals surface area contributed by atoms with Crippen LogP contribution in [0.1, 0.15) is 37.8 Å². The van der Waals surface area contributed by atoms with Gasteiger partial charge in [-0.1, -0.05) is 38.0 Å². The van der Waals surface area contributed by atoms with Gasteiger partial charge >= 0.3 is 0 Å². The molecule has 0 saturated carbocycles. The standard InChI is InChI=1S/C13H21NO2/c1-2-3-6-9-16-13-8-5-4-7-11(13)12(14)10-15/h4-5,7-8,12,15H,2-3,6,9-10,14H2,1H3. The minimum absolute atomic E-state index is 0.0602. The van der Waals surface area contributed by atoms with Crippen LogP contribution < -0.4 is 10.5 Å². The van der Waals surface area contributed by atoms with Crippen LogP contribution in [0.5, 0.6) is 5.75 Å². The molecule has 0 saturated heterocycles. The molecular weight excluding hydrogens is 202 g/mol. The lowest BCUT2D eigenvalue weighted by atomic mass is 10.1. The Morgan fingerprint density at radius 1 is 1.31 bits per heavy atom. The van der Waals surface area contributed by atoms with Crippen LogP contribution in [0, 0.1) is 0 Å². The molecule has 0 radical (unpaired) electrons. The molecule has 0 fully saturated rings. The maximum atomic E-state index is 9.04. The monoisotopic (exact) mass is 223 g/mol. The van der Waals surface area contributed by atoms with E-state index in [1.54, 1.807) is 0 Å².